The first-order valence-electron chi connectivity index (χ1n) is 11.1. The zero-order chi connectivity index (χ0) is 26.2. The van der Waals surface area contributed by atoms with E-state index in [1.54, 1.807) is 13.8 Å². The Bertz CT molecular complexity index is 766. The molecule has 13 nitrogen and oxygen atoms in total. The summed E-state index contributed by atoms with van der Waals surface area (Å²) in [6.07, 6.45) is -4.46. The molecule has 0 radical (unpaired) electrons. The number of aliphatic hydroxyl groups is 2. The summed E-state index contributed by atoms with van der Waals surface area (Å²) in [7, 11) is -0.375. The molecule has 1 aliphatic rings. The second-order valence-electron chi connectivity index (χ2n) is 8.63. The van der Waals surface area contributed by atoms with Gasteiger partial charge in [-0.25, -0.2) is 4.79 Å². The maximum Gasteiger partial charge on any atom is 0.357 e. The fraction of sp³-hybridized carbons (Fsp3) is 0.750. The van der Waals surface area contributed by atoms with E-state index in [4.69, 9.17) is 26.4 Å². The van der Waals surface area contributed by atoms with E-state index in [1.807, 2.05) is 20.8 Å². The molecule has 1 heterocycles. The van der Waals surface area contributed by atoms with E-state index >= 15 is 0 Å². The summed E-state index contributed by atoms with van der Waals surface area (Å²) in [5, 5.41) is 46.7. The number of nitrogens with one attached hydrogen (secondary N) is 4. The number of aliphatic carboxylic acids is 1. The molecular formula is C20H39N6O7P. The minimum absolute atomic E-state index is 0.00692. The number of amides is 1. The molecule has 0 bridgehead atoms. The molecule has 6 unspecified atom stereocenters. The van der Waals surface area contributed by atoms with Gasteiger partial charge in [-0.1, -0.05) is 13.3 Å². The third kappa shape index (κ3) is 8.12. The first-order chi connectivity index (χ1) is 15.8. The minimum Gasteiger partial charge on any atom is -0.478 e. The molecule has 196 valence electrons. The number of carbonyl (C=O) groups excluding carboxylic acids is 1. The number of carbonyl (C=O) groups is 2. The van der Waals surface area contributed by atoms with Crippen LogP contribution < -0.4 is 27.2 Å². The van der Waals surface area contributed by atoms with Crippen molar-refractivity contribution in [3.05, 3.63) is 11.4 Å². The summed E-state index contributed by atoms with van der Waals surface area (Å²) in [5.74, 6) is -2.20. The van der Waals surface area contributed by atoms with Gasteiger partial charge in [0.05, 0.1) is 12.3 Å². The molecule has 0 aromatic carbocycles. The summed E-state index contributed by atoms with van der Waals surface area (Å²) in [6.45, 7) is 8.71. The van der Waals surface area contributed by atoms with E-state index in [2.05, 4.69) is 15.7 Å². The van der Waals surface area contributed by atoms with Gasteiger partial charge in [-0.05, 0) is 34.1 Å². The van der Waals surface area contributed by atoms with E-state index in [-0.39, 0.29) is 32.2 Å². The summed E-state index contributed by atoms with van der Waals surface area (Å²) in [4.78, 5) is 24.5. The maximum absolute atomic E-state index is 12.4. The van der Waals surface area contributed by atoms with Gasteiger partial charge in [0.1, 0.15) is 24.0 Å². The van der Waals surface area contributed by atoms with Gasteiger partial charge < -0.3 is 41.6 Å². The summed E-state index contributed by atoms with van der Waals surface area (Å²) >= 11 is 0. The van der Waals surface area contributed by atoms with E-state index in [0.717, 1.165) is 0 Å². The number of carboxylic acid groups (broad SMARTS) is 1. The van der Waals surface area contributed by atoms with Crippen molar-refractivity contribution in [1.29, 1.82) is 5.41 Å². The third-order valence-electron chi connectivity index (χ3n) is 4.79. The number of carboxylic acids is 1. The number of nitrogens with two attached hydrogens (primary N) is 2. The van der Waals surface area contributed by atoms with Gasteiger partial charge >= 0.3 is 5.97 Å². The zero-order valence-corrected chi connectivity index (χ0v) is 21.2. The number of rotatable bonds is 14. The van der Waals surface area contributed by atoms with Gasteiger partial charge in [0.25, 0.3) is 5.91 Å². The Labute approximate surface area is 201 Å². The number of aliphatic hydroxyl groups excluding tert-OH is 2. The normalized spacial score (nSPS) is 25.6. The molecule has 1 amide bonds. The van der Waals surface area contributed by atoms with E-state index < -0.39 is 54.2 Å². The van der Waals surface area contributed by atoms with Crippen LogP contribution in [0.4, 0.5) is 0 Å². The van der Waals surface area contributed by atoms with Crippen molar-refractivity contribution < 1.29 is 34.4 Å². The molecule has 1 rings (SSSR count). The van der Waals surface area contributed by atoms with Gasteiger partial charge in [0.15, 0.2) is 6.23 Å². The summed E-state index contributed by atoms with van der Waals surface area (Å²) < 4.78 is 11.2. The SMILES string of the molecule is CCCC(N)=C(N)C(=N)C(=O)NC1OC(COC(NC(C)C)(PNC(C)C)C(=O)O)C(O)C1O. The standard InChI is InChI=1S/C20H39N6O7P/c1-6-7-11(21)13(22)14(23)17(29)24-18-16(28)15(27)12(33-18)8-32-20(19(30)31,25-9(2)3)34-26-10(4)5/h9-10,12,15-16,18,23,25-28,34H,6-8,21-22H2,1-5H3,(H,24,29)(H,30,31). The van der Waals surface area contributed by atoms with Crippen LogP contribution in [0, 0.1) is 5.41 Å². The van der Waals surface area contributed by atoms with Gasteiger partial charge in [-0.15, -0.1) is 0 Å². The number of ether oxygens (including phenoxy) is 2. The van der Waals surface area contributed by atoms with Gasteiger partial charge in [0, 0.05) is 26.5 Å². The molecule has 34 heavy (non-hydrogen) atoms. The van der Waals surface area contributed by atoms with Crippen LogP contribution in [0.15, 0.2) is 11.4 Å². The Balaban J connectivity index is 2.90. The fourth-order valence-electron chi connectivity index (χ4n) is 3.04. The lowest BCUT2D eigenvalue weighted by Crippen LogP contribution is -2.56. The van der Waals surface area contributed by atoms with E-state index in [9.17, 15) is 24.9 Å². The Morgan fingerprint density at radius 3 is 2.29 bits per heavy atom. The second-order valence-corrected chi connectivity index (χ2v) is 9.88. The Kier molecular flexibility index (Phi) is 11.8. The molecule has 11 N–H and O–H groups in total. The Morgan fingerprint density at radius 1 is 1.18 bits per heavy atom. The summed E-state index contributed by atoms with van der Waals surface area (Å²) in [5.41, 5.74) is 9.14. The van der Waals surface area contributed by atoms with Crippen molar-refractivity contribution in [3.63, 3.8) is 0 Å². The highest BCUT2D eigenvalue weighted by molar-refractivity contribution is 7.38. The van der Waals surface area contributed by atoms with Crippen molar-refractivity contribution in [3.8, 4) is 0 Å². The molecule has 14 heteroatoms. The molecular weight excluding hydrogens is 467 g/mol. The van der Waals surface area contributed by atoms with Crippen LogP contribution in [0.3, 0.4) is 0 Å². The van der Waals surface area contributed by atoms with E-state index in [0.29, 0.717) is 12.8 Å². The highest BCUT2D eigenvalue weighted by Crippen LogP contribution is 2.31. The first-order valence-corrected chi connectivity index (χ1v) is 12.1. The van der Waals surface area contributed by atoms with Gasteiger partial charge in [-0.2, -0.15) is 0 Å². The maximum atomic E-state index is 12.4. The predicted octanol–water partition coefficient (Wildman–Crippen LogP) is -1.16. The van der Waals surface area contributed by atoms with Crippen LogP contribution in [-0.2, 0) is 19.1 Å². The van der Waals surface area contributed by atoms with Crippen molar-refractivity contribution in [2.45, 2.75) is 89.5 Å². The van der Waals surface area contributed by atoms with Crippen molar-refractivity contribution in [2.75, 3.05) is 6.61 Å². The fourth-order valence-corrected chi connectivity index (χ4v) is 4.16. The highest BCUT2D eigenvalue weighted by atomic mass is 31.1. The van der Waals surface area contributed by atoms with Crippen LogP contribution >= 0.6 is 8.73 Å². The average molecular weight is 507 g/mol. The Morgan fingerprint density at radius 2 is 1.79 bits per heavy atom. The molecule has 1 fully saturated rings. The Hall–Kier alpha value is -1.86. The number of hydrogen-bond acceptors (Lipinski definition) is 11. The number of hydrogen-bond donors (Lipinski definition) is 9. The first kappa shape index (κ1) is 30.2. The molecule has 1 aliphatic heterocycles. The topological polar surface area (TPSA) is 225 Å². The van der Waals surface area contributed by atoms with E-state index in [1.165, 1.54) is 0 Å². The van der Waals surface area contributed by atoms with Gasteiger partial charge in [0.2, 0.25) is 5.47 Å². The monoisotopic (exact) mass is 506 g/mol. The van der Waals surface area contributed by atoms with Crippen molar-refractivity contribution in [1.82, 2.24) is 15.7 Å². The van der Waals surface area contributed by atoms with Crippen LogP contribution in [0.1, 0.15) is 47.5 Å². The van der Waals surface area contributed by atoms with Crippen LogP contribution in [-0.4, -0.2) is 81.6 Å². The lowest BCUT2D eigenvalue weighted by molar-refractivity contribution is -0.164. The van der Waals surface area contributed by atoms with Crippen LogP contribution in [0.25, 0.3) is 0 Å². The average Bonchev–Trinajstić information content (AvgIpc) is 3.01. The quantitative estimate of drug-likeness (QED) is 0.0776. The lowest BCUT2D eigenvalue weighted by Gasteiger charge is -2.34. The van der Waals surface area contributed by atoms with Gasteiger partial charge in [-0.3, -0.25) is 20.6 Å². The molecule has 6 atom stereocenters. The lowest BCUT2D eigenvalue weighted by atomic mass is 10.1. The van der Waals surface area contributed by atoms with Crippen LogP contribution in [0.2, 0.25) is 0 Å². The third-order valence-corrected chi connectivity index (χ3v) is 6.37. The van der Waals surface area contributed by atoms with Crippen LogP contribution in [0.5, 0.6) is 0 Å². The molecule has 0 saturated carbocycles. The zero-order valence-electron chi connectivity index (χ0n) is 20.2. The van der Waals surface area contributed by atoms with Crippen molar-refractivity contribution in [2.24, 2.45) is 11.5 Å². The van der Waals surface area contributed by atoms with Crippen molar-refractivity contribution >= 4 is 26.3 Å². The number of allylic oxidation sites excluding steroid dienone is 1. The molecule has 0 aromatic rings. The summed E-state index contributed by atoms with van der Waals surface area (Å²) in [6, 6.07) is -0.248. The largest absolute Gasteiger partial charge is 0.478 e. The highest BCUT2D eigenvalue weighted by Gasteiger charge is 2.47. The smallest absolute Gasteiger partial charge is 0.357 e. The molecule has 0 aromatic heterocycles. The second kappa shape index (κ2) is 13.3. The molecule has 0 spiro atoms. The molecule has 1 saturated heterocycles. The predicted molar refractivity (Wildman–Crippen MR) is 128 cm³/mol. The molecule has 0 aliphatic carbocycles. The minimum atomic E-state index is -1.80.